The van der Waals surface area contributed by atoms with E-state index in [9.17, 15) is 0 Å². The van der Waals surface area contributed by atoms with Crippen LogP contribution in [0.3, 0.4) is 0 Å². The molecule has 2 atom stereocenters. The van der Waals surface area contributed by atoms with Crippen LogP contribution in [0.25, 0.3) is 156 Å². The van der Waals surface area contributed by atoms with Crippen molar-refractivity contribution in [1.29, 1.82) is 0 Å². The molecule has 0 heterocycles. The molecule has 2 nitrogen and oxygen atoms in total. The Kier molecular flexibility index (Phi) is 19.1. The molecule has 2 unspecified atom stereocenters. The largest absolute Gasteiger partial charge is 0.311 e. The first-order valence-electron chi connectivity index (χ1n) is 47.0. The Morgan fingerprint density at radius 2 is 0.430 bits per heavy atom. The number of nitrogens with zero attached hydrogens (tertiary/aromatic N) is 2. The molecule has 0 N–H and O–H groups in total. The van der Waals surface area contributed by atoms with Crippen molar-refractivity contribution in [2.75, 3.05) is 9.80 Å². The first-order chi connectivity index (χ1) is 66.6. The quantitative estimate of drug-likeness (QED) is 0.101. The Morgan fingerprint density at radius 3 is 0.830 bits per heavy atom. The predicted molar refractivity (Wildman–Crippen MR) is 568 cm³/mol. The van der Waals surface area contributed by atoms with Gasteiger partial charge in [-0.05, 0) is 309 Å². The molecule has 21 aromatic carbocycles. The first-order valence-corrected chi connectivity index (χ1v) is 47.0. The highest BCUT2D eigenvalue weighted by molar-refractivity contribution is 6.08. The Labute approximate surface area is 790 Å². The molecule has 0 aromatic heterocycles. The average Bonchev–Trinajstić information content (AvgIpc) is 1.51. The van der Waals surface area contributed by atoms with Crippen molar-refractivity contribution in [1.82, 2.24) is 0 Å². The molecule has 0 fully saturated rings. The smallest absolute Gasteiger partial charge is 0.0725 e. The Hall–Kier alpha value is -17.0. The minimum atomic E-state index is -0.501. The van der Waals surface area contributed by atoms with E-state index < -0.39 is 10.8 Å². The summed E-state index contributed by atoms with van der Waals surface area (Å²) in [7, 11) is 0. The molecule has 26 rings (SSSR count). The fraction of sp³-hybridized carbons (Fsp3) is 0.0376. The lowest BCUT2D eigenvalue weighted by Crippen LogP contribution is -2.26. The van der Waals surface area contributed by atoms with Gasteiger partial charge in [-0.15, -0.1) is 0 Å². The van der Waals surface area contributed by atoms with Crippen LogP contribution in [0.4, 0.5) is 34.1 Å². The third-order valence-electron chi connectivity index (χ3n) is 29.5. The zero-order valence-electron chi connectivity index (χ0n) is 75.2. The van der Waals surface area contributed by atoms with Gasteiger partial charge in [0.2, 0.25) is 0 Å². The molecule has 0 bridgehead atoms. The van der Waals surface area contributed by atoms with Crippen molar-refractivity contribution >= 4 is 57.0 Å². The summed E-state index contributed by atoms with van der Waals surface area (Å²) in [6.45, 7) is 12.9. The molecule has 0 amide bonds. The average molecular weight is 1720 g/mol. The summed E-state index contributed by atoms with van der Waals surface area (Å²) in [6.07, 6.45) is 3.86. The van der Waals surface area contributed by atoms with Crippen molar-refractivity contribution in [3.63, 3.8) is 0 Å². The van der Waals surface area contributed by atoms with Gasteiger partial charge in [0.15, 0.2) is 0 Å². The summed E-state index contributed by atoms with van der Waals surface area (Å²) in [6, 6.07) is 180. The monoisotopic (exact) mass is 1720 g/mol. The number of benzene rings is 21. The van der Waals surface area contributed by atoms with Crippen LogP contribution in [0.1, 0.15) is 80.6 Å². The van der Waals surface area contributed by atoms with Gasteiger partial charge in [0.25, 0.3) is 0 Å². The van der Waals surface area contributed by atoms with Crippen LogP contribution in [0.5, 0.6) is 0 Å². The first kappa shape index (κ1) is 80.1. The molecule has 634 valence electrons. The summed E-state index contributed by atoms with van der Waals surface area (Å²) < 4.78 is 0. The van der Waals surface area contributed by atoms with E-state index in [0.29, 0.717) is 0 Å². The topological polar surface area (TPSA) is 6.48 Å². The van der Waals surface area contributed by atoms with E-state index in [1.54, 1.807) is 0 Å². The number of hydrogen-bond donors (Lipinski definition) is 0. The van der Waals surface area contributed by atoms with Crippen molar-refractivity contribution in [3.8, 4) is 134 Å². The van der Waals surface area contributed by atoms with E-state index >= 15 is 0 Å². The summed E-state index contributed by atoms with van der Waals surface area (Å²) >= 11 is 0. The Balaban J connectivity index is 0.000000145. The fourth-order valence-electron chi connectivity index (χ4n) is 23.2. The highest BCUT2D eigenvalue weighted by Gasteiger charge is 2.54. The molecule has 0 saturated heterocycles. The van der Waals surface area contributed by atoms with Gasteiger partial charge in [-0.3, -0.25) is 0 Å². The van der Waals surface area contributed by atoms with E-state index in [1.807, 2.05) is 12.2 Å². The van der Waals surface area contributed by atoms with Gasteiger partial charge >= 0.3 is 0 Å². The number of fused-ring (bicyclic) bond motifs is 24. The van der Waals surface area contributed by atoms with E-state index in [4.69, 9.17) is 0 Å². The van der Waals surface area contributed by atoms with Crippen molar-refractivity contribution in [3.05, 3.63) is 565 Å². The summed E-state index contributed by atoms with van der Waals surface area (Å²) in [5.74, 6) is 0. The Bertz CT molecular complexity index is 8220. The number of hydrogen-bond acceptors (Lipinski definition) is 2. The molecule has 0 radical (unpaired) electrons. The minimum absolute atomic E-state index is 0.139. The second-order valence-electron chi connectivity index (χ2n) is 36.9. The summed E-state index contributed by atoms with van der Waals surface area (Å²) in [5, 5.41) is 2.41. The van der Waals surface area contributed by atoms with Crippen molar-refractivity contribution in [2.45, 2.75) is 30.1 Å². The zero-order chi connectivity index (χ0) is 90.0. The van der Waals surface area contributed by atoms with E-state index in [0.717, 1.165) is 45.3 Å². The van der Waals surface area contributed by atoms with Gasteiger partial charge in [0, 0.05) is 39.2 Å². The summed E-state index contributed by atoms with van der Waals surface area (Å²) in [5.41, 5.74) is 51.1. The third-order valence-corrected chi connectivity index (χ3v) is 29.5. The van der Waals surface area contributed by atoms with Crippen LogP contribution in [0.2, 0.25) is 0 Å². The molecule has 2 heteroatoms. The van der Waals surface area contributed by atoms with Crippen LogP contribution in [0.15, 0.2) is 498 Å². The lowest BCUT2D eigenvalue weighted by Gasteiger charge is -2.31. The minimum Gasteiger partial charge on any atom is -0.311 e. The van der Waals surface area contributed by atoms with Gasteiger partial charge < -0.3 is 9.80 Å². The maximum Gasteiger partial charge on any atom is 0.0725 e. The zero-order valence-corrected chi connectivity index (χ0v) is 75.2. The number of anilines is 6. The number of rotatable bonds is 15. The van der Waals surface area contributed by atoms with Crippen LogP contribution in [0, 0.1) is 0 Å². The second kappa shape index (κ2) is 32.2. The lowest BCUT2D eigenvalue weighted by atomic mass is 9.70. The van der Waals surface area contributed by atoms with Gasteiger partial charge in [-0.2, -0.15) is 0 Å². The molecule has 135 heavy (non-hydrogen) atoms. The highest BCUT2D eigenvalue weighted by Crippen LogP contribution is 2.66. The normalized spacial score (nSPS) is 14.6. The van der Waals surface area contributed by atoms with E-state index in [1.165, 1.54) is 200 Å². The predicted octanol–water partition coefficient (Wildman–Crippen LogP) is 35.4. The lowest BCUT2D eigenvalue weighted by molar-refractivity contribution is 0.660. The van der Waals surface area contributed by atoms with Gasteiger partial charge in [0.1, 0.15) is 0 Å². The highest BCUT2D eigenvalue weighted by atomic mass is 15.1. The maximum atomic E-state index is 4.08. The second-order valence-corrected chi connectivity index (χ2v) is 36.9. The third kappa shape index (κ3) is 12.8. The molecule has 0 saturated carbocycles. The SMILES string of the molecule is C=Cc1cccc(-c2ccc3c(c2)C2(c4ccccc4-3)c3ccccc3-c3ccc(-c4ccc(N(c5ccc(-c6ccccc6)cc5)c5ccc6c(c5)C(C)(C)c5ccccc5-6)c5ccccc45)cc32)c1.C=Cc1cccc(-c2ccc3c(c2)C2(c4ccccc4-c4ccc(-c5ccc(N(c6ccc(-c7ccccc7)cc6)c6ccc(-c7ccccc7)cc6)cc5)cc42)c2ccccc2-3)c1. The van der Waals surface area contributed by atoms with Crippen LogP contribution in [-0.2, 0) is 16.2 Å². The fourth-order valence-corrected chi connectivity index (χ4v) is 23.2. The van der Waals surface area contributed by atoms with Crippen LogP contribution < -0.4 is 9.80 Å². The Morgan fingerprint density at radius 1 is 0.170 bits per heavy atom. The van der Waals surface area contributed by atoms with Gasteiger partial charge in [-0.1, -0.05) is 421 Å². The molecular weight excluding hydrogens is 1630 g/mol. The van der Waals surface area contributed by atoms with Crippen molar-refractivity contribution < 1.29 is 0 Å². The van der Waals surface area contributed by atoms with Crippen LogP contribution >= 0.6 is 0 Å². The molecule has 0 aliphatic heterocycles. The van der Waals surface area contributed by atoms with Gasteiger partial charge in [0.05, 0.1) is 16.5 Å². The molecule has 5 aliphatic carbocycles. The standard InChI is InChI=1S/C70H49N.C63H43N/c1-4-45-17-16-20-48(41-45)49-31-36-59-56-23-11-14-27-63(56)70(66(59)42-49)64-28-15-12-24-57(64)60-37-32-50(43-67(60)70)53-39-40-68(61-25-9-8-21-54(53)61)71(51-33-29-47(30-34-51)46-18-6-5-7-19-46)52-35-38-58-55-22-10-13-26-62(55)69(2,3)65(58)44-52;1-2-43-14-13-19-49(40-43)51-31-39-58-56-21-10-12-23-60(56)63(62(58)42-51)59-22-11-9-20-55(59)57-38-30-50(41-61(57)63)48-28-36-54(37-29-48)64(52-32-24-46(25-33-52)44-15-5-3-6-16-44)53-34-26-47(27-35-53)45-17-7-4-8-18-45/h4-44H,1H2,2-3H3;2-42H,1H2. The molecule has 5 aliphatic rings. The van der Waals surface area contributed by atoms with E-state index in [2.05, 4.69) is 522 Å². The van der Waals surface area contributed by atoms with Crippen molar-refractivity contribution in [2.24, 2.45) is 0 Å². The molecule has 2 spiro atoms. The molecular formula is C133H92N2. The van der Waals surface area contributed by atoms with Crippen LogP contribution in [-0.4, -0.2) is 0 Å². The molecule has 21 aromatic rings. The summed E-state index contributed by atoms with van der Waals surface area (Å²) in [4.78, 5) is 4.83. The van der Waals surface area contributed by atoms with E-state index in [-0.39, 0.29) is 5.41 Å². The van der Waals surface area contributed by atoms with Gasteiger partial charge in [-0.25, -0.2) is 0 Å². The maximum absolute atomic E-state index is 4.08.